The van der Waals surface area contributed by atoms with Gasteiger partial charge < -0.3 is 14.8 Å². The number of hydrogen-bond acceptors (Lipinski definition) is 6. The summed E-state index contributed by atoms with van der Waals surface area (Å²) in [5, 5.41) is 8.33. The van der Waals surface area contributed by atoms with E-state index in [1.165, 1.54) is 5.56 Å². The topological polar surface area (TPSA) is 111 Å². The van der Waals surface area contributed by atoms with Crippen LogP contribution in [0.3, 0.4) is 0 Å². The Labute approximate surface area is 173 Å². The first kappa shape index (κ1) is 23.8. The monoisotopic (exact) mass is 427 g/mol. The molecule has 0 aliphatic carbocycles. The summed E-state index contributed by atoms with van der Waals surface area (Å²) >= 11 is 0. The van der Waals surface area contributed by atoms with Gasteiger partial charge in [-0.25, -0.2) is 5.14 Å². The Morgan fingerprint density at radius 1 is 1.17 bits per heavy atom. The van der Waals surface area contributed by atoms with E-state index in [0.717, 1.165) is 62.7 Å². The number of benzene rings is 1. The third-order valence-corrected chi connectivity index (χ3v) is 5.94. The molecule has 1 aromatic rings. The molecule has 3 rings (SSSR count). The van der Waals surface area contributed by atoms with Crippen molar-refractivity contribution in [2.24, 2.45) is 5.14 Å². The summed E-state index contributed by atoms with van der Waals surface area (Å²) in [7, 11) is -3.86. The van der Waals surface area contributed by atoms with E-state index in [0.29, 0.717) is 13.0 Å². The number of unbranched alkanes of at least 4 members (excludes halogenated alkanes) is 1. The fraction of sp³-hybridized carbons (Fsp3) is 0.650. The van der Waals surface area contributed by atoms with Crippen molar-refractivity contribution in [3.63, 3.8) is 0 Å². The number of morpholine rings is 1. The SMILES string of the molecule is C1COCCN1.NS(=O)(=O)N1CCCCC1C(=O)OCCCCc1ccccc1. The van der Waals surface area contributed by atoms with Gasteiger partial charge in [-0.1, -0.05) is 30.3 Å². The maximum atomic E-state index is 12.1. The molecule has 9 heteroatoms. The van der Waals surface area contributed by atoms with Crippen molar-refractivity contribution in [3.8, 4) is 0 Å². The normalized spacial score (nSPS) is 20.4. The second kappa shape index (κ2) is 12.9. The highest BCUT2D eigenvalue weighted by molar-refractivity contribution is 7.86. The number of nitrogens with zero attached hydrogens (tertiary/aromatic N) is 1. The molecular weight excluding hydrogens is 394 g/mol. The van der Waals surface area contributed by atoms with Gasteiger partial charge in [0.2, 0.25) is 0 Å². The highest BCUT2D eigenvalue weighted by Gasteiger charge is 2.35. The number of piperidine rings is 1. The molecule has 29 heavy (non-hydrogen) atoms. The zero-order valence-corrected chi connectivity index (χ0v) is 17.7. The highest BCUT2D eigenvalue weighted by atomic mass is 32.2. The first-order valence-corrected chi connectivity index (χ1v) is 11.8. The fourth-order valence-electron chi connectivity index (χ4n) is 3.31. The molecule has 0 bridgehead atoms. The van der Waals surface area contributed by atoms with Crippen LogP contribution in [0, 0.1) is 0 Å². The van der Waals surface area contributed by atoms with E-state index in [1.54, 1.807) is 0 Å². The Bertz CT molecular complexity index is 684. The van der Waals surface area contributed by atoms with E-state index < -0.39 is 22.2 Å². The van der Waals surface area contributed by atoms with Crippen LogP contribution in [0.2, 0.25) is 0 Å². The van der Waals surface area contributed by atoms with Crippen molar-refractivity contribution < 1.29 is 22.7 Å². The lowest BCUT2D eigenvalue weighted by atomic mass is 10.1. The molecule has 0 spiro atoms. The van der Waals surface area contributed by atoms with Gasteiger partial charge in [0.25, 0.3) is 10.2 Å². The van der Waals surface area contributed by atoms with E-state index in [2.05, 4.69) is 17.4 Å². The fourth-order valence-corrected chi connectivity index (χ4v) is 4.24. The third-order valence-electron chi connectivity index (χ3n) is 4.85. The van der Waals surface area contributed by atoms with Crippen LogP contribution in [0.4, 0.5) is 0 Å². The summed E-state index contributed by atoms with van der Waals surface area (Å²) in [6.07, 6.45) is 4.60. The Morgan fingerprint density at radius 2 is 1.90 bits per heavy atom. The van der Waals surface area contributed by atoms with E-state index in [1.807, 2.05) is 18.2 Å². The van der Waals surface area contributed by atoms with Crippen molar-refractivity contribution in [2.75, 3.05) is 39.5 Å². The van der Waals surface area contributed by atoms with E-state index >= 15 is 0 Å². The molecule has 0 aromatic heterocycles. The van der Waals surface area contributed by atoms with Gasteiger partial charge in [-0.2, -0.15) is 12.7 Å². The van der Waals surface area contributed by atoms with E-state index in [-0.39, 0.29) is 6.54 Å². The molecular formula is C20H33N3O5S. The minimum absolute atomic E-state index is 0.284. The predicted molar refractivity (Wildman–Crippen MR) is 111 cm³/mol. The molecule has 1 unspecified atom stereocenters. The predicted octanol–water partition coefficient (Wildman–Crippen LogP) is 1.22. The number of nitrogens with one attached hydrogen (secondary N) is 1. The number of nitrogens with two attached hydrogens (primary N) is 1. The van der Waals surface area contributed by atoms with Crippen LogP contribution < -0.4 is 10.5 Å². The maximum absolute atomic E-state index is 12.1. The molecule has 0 amide bonds. The van der Waals surface area contributed by atoms with Crippen LogP contribution in [0.25, 0.3) is 0 Å². The van der Waals surface area contributed by atoms with Crippen molar-refractivity contribution in [1.82, 2.24) is 9.62 Å². The molecule has 2 aliphatic heterocycles. The summed E-state index contributed by atoms with van der Waals surface area (Å²) in [4.78, 5) is 12.1. The van der Waals surface area contributed by atoms with Gasteiger partial charge in [-0.05, 0) is 44.1 Å². The summed E-state index contributed by atoms with van der Waals surface area (Å²) in [6, 6.07) is 9.34. The van der Waals surface area contributed by atoms with Gasteiger partial charge in [-0.15, -0.1) is 0 Å². The summed E-state index contributed by atoms with van der Waals surface area (Å²) in [5.74, 6) is -0.488. The molecule has 0 radical (unpaired) electrons. The molecule has 3 N–H and O–H groups in total. The van der Waals surface area contributed by atoms with Gasteiger partial charge in [0.05, 0.1) is 19.8 Å². The van der Waals surface area contributed by atoms with Crippen molar-refractivity contribution in [3.05, 3.63) is 35.9 Å². The standard InChI is InChI=1S/C16H24N2O4S.C4H9NO/c17-23(20,21)18-12-6-4-11-15(18)16(19)22-13-7-5-10-14-8-2-1-3-9-14;1-3-6-4-2-5-1/h1-3,8-9,15H,4-7,10-13H2,(H2,17,20,21);5H,1-4H2. The smallest absolute Gasteiger partial charge is 0.324 e. The molecule has 2 heterocycles. The molecule has 2 saturated heterocycles. The Hall–Kier alpha value is -1.52. The van der Waals surface area contributed by atoms with Crippen LogP contribution >= 0.6 is 0 Å². The average molecular weight is 428 g/mol. The molecule has 164 valence electrons. The first-order chi connectivity index (χ1) is 14.0. The van der Waals surface area contributed by atoms with E-state index in [4.69, 9.17) is 14.6 Å². The number of hydrogen-bond donors (Lipinski definition) is 2. The number of rotatable bonds is 7. The number of aryl methyl sites for hydroxylation is 1. The number of carbonyl (C=O) groups excluding carboxylic acids is 1. The molecule has 1 atom stereocenters. The van der Waals surface area contributed by atoms with Crippen molar-refractivity contribution in [2.45, 2.75) is 44.6 Å². The molecule has 8 nitrogen and oxygen atoms in total. The van der Waals surface area contributed by atoms with Crippen molar-refractivity contribution in [1.29, 1.82) is 0 Å². The lowest BCUT2D eigenvalue weighted by Crippen LogP contribution is -2.51. The Morgan fingerprint density at radius 3 is 2.48 bits per heavy atom. The lowest BCUT2D eigenvalue weighted by molar-refractivity contribution is -0.149. The molecule has 0 saturated carbocycles. The van der Waals surface area contributed by atoms with Crippen LogP contribution in [0.15, 0.2) is 30.3 Å². The largest absolute Gasteiger partial charge is 0.464 e. The van der Waals surface area contributed by atoms with Crippen molar-refractivity contribution >= 4 is 16.2 Å². The third kappa shape index (κ3) is 9.22. The zero-order valence-electron chi connectivity index (χ0n) is 16.9. The number of esters is 1. The molecule has 1 aromatic carbocycles. The highest BCUT2D eigenvalue weighted by Crippen LogP contribution is 2.20. The average Bonchev–Trinajstić information content (AvgIpc) is 2.75. The lowest BCUT2D eigenvalue weighted by Gasteiger charge is -2.31. The second-order valence-corrected chi connectivity index (χ2v) is 8.64. The van der Waals surface area contributed by atoms with Gasteiger partial charge in [0.1, 0.15) is 6.04 Å². The Balaban J connectivity index is 0.000000426. The summed E-state index contributed by atoms with van der Waals surface area (Å²) in [5.41, 5.74) is 1.26. The summed E-state index contributed by atoms with van der Waals surface area (Å²) < 4.78 is 34.4. The number of ether oxygens (including phenoxy) is 2. The maximum Gasteiger partial charge on any atom is 0.324 e. The Kier molecular flexibility index (Phi) is 10.6. The minimum atomic E-state index is -3.86. The van der Waals surface area contributed by atoms with Gasteiger partial charge in [0.15, 0.2) is 0 Å². The van der Waals surface area contributed by atoms with Crippen LogP contribution in [-0.4, -0.2) is 64.2 Å². The van der Waals surface area contributed by atoms with Gasteiger partial charge in [-0.3, -0.25) is 4.79 Å². The quantitative estimate of drug-likeness (QED) is 0.500. The second-order valence-electron chi connectivity index (χ2n) is 7.14. The van der Waals surface area contributed by atoms with E-state index in [9.17, 15) is 13.2 Å². The zero-order chi connectivity index (χ0) is 21.0. The number of carbonyl (C=O) groups is 1. The van der Waals surface area contributed by atoms with Gasteiger partial charge in [0, 0.05) is 19.6 Å². The van der Waals surface area contributed by atoms with Crippen LogP contribution in [0.1, 0.15) is 37.7 Å². The first-order valence-electron chi connectivity index (χ1n) is 10.3. The molecule has 2 fully saturated rings. The minimum Gasteiger partial charge on any atom is -0.464 e. The van der Waals surface area contributed by atoms with Crippen LogP contribution in [-0.2, 0) is 30.9 Å². The van der Waals surface area contributed by atoms with Gasteiger partial charge >= 0.3 is 5.97 Å². The van der Waals surface area contributed by atoms with Crippen LogP contribution in [0.5, 0.6) is 0 Å². The summed E-state index contributed by atoms with van der Waals surface area (Å²) in [6.45, 7) is 4.42. The molecule has 2 aliphatic rings.